The van der Waals surface area contributed by atoms with Crippen LogP contribution in [0.1, 0.15) is 35.5 Å². The van der Waals surface area contributed by atoms with Crippen molar-refractivity contribution in [3.05, 3.63) is 83.8 Å². The van der Waals surface area contributed by atoms with Gasteiger partial charge in [0.05, 0.1) is 35.5 Å². The molecule has 1 amide bonds. The lowest BCUT2D eigenvalue weighted by atomic mass is 10.1. The molecule has 164 valence electrons. The van der Waals surface area contributed by atoms with Gasteiger partial charge < -0.3 is 4.90 Å². The highest BCUT2D eigenvalue weighted by Crippen LogP contribution is 2.20. The summed E-state index contributed by atoms with van der Waals surface area (Å²) in [6.07, 6.45) is 6.67. The molecule has 1 aromatic carbocycles. The van der Waals surface area contributed by atoms with E-state index in [1.54, 1.807) is 29.3 Å². The Balaban J connectivity index is 1.55. The molecule has 0 aliphatic rings. The van der Waals surface area contributed by atoms with Gasteiger partial charge in [-0.3, -0.25) is 4.79 Å². The molecule has 0 saturated carbocycles. The summed E-state index contributed by atoms with van der Waals surface area (Å²) in [5, 5.41) is 12.9. The monoisotopic (exact) mass is 433 g/mol. The summed E-state index contributed by atoms with van der Waals surface area (Å²) in [4.78, 5) is 20.8. The predicted octanol–water partition coefficient (Wildman–Crippen LogP) is 3.39. The molecule has 1 atom stereocenters. The Kier molecular flexibility index (Phi) is 6.07. The van der Waals surface area contributed by atoms with E-state index in [2.05, 4.69) is 20.3 Å². The maximum absolute atomic E-state index is 13.5. The molecule has 4 rings (SSSR count). The quantitative estimate of drug-likeness (QED) is 0.446. The molecule has 0 aliphatic heterocycles. The number of hydrogen-bond acceptors (Lipinski definition) is 5. The first kappa shape index (κ1) is 21.4. The highest BCUT2D eigenvalue weighted by atomic mass is 19.1. The number of likely N-dealkylation sites (N-methyl/N-ethyl adjacent to an activating group) is 1. The number of carbonyl (C=O) groups is 1. The van der Waals surface area contributed by atoms with Gasteiger partial charge in [0.25, 0.3) is 5.91 Å². The van der Waals surface area contributed by atoms with Crippen LogP contribution in [0.2, 0.25) is 0 Å². The van der Waals surface area contributed by atoms with Crippen LogP contribution in [0.4, 0.5) is 4.39 Å². The molecule has 0 radical (unpaired) electrons. The van der Waals surface area contributed by atoms with E-state index in [1.807, 2.05) is 49.9 Å². The van der Waals surface area contributed by atoms with E-state index in [0.717, 1.165) is 17.5 Å². The molecule has 0 saturated heterocycles. The van der Waals surface area contributed by atoms with E-state index in [0.29, 0.717) is 30.0 Å². The van der Waals surface area contributed by atoms with Crippen LogP contribution in [0, 0.1) is 12.7 Å². The van der Waals surface area contributed by atoms with Gasteiger partial charge in [0.15, 0.2) is 5.82 Å². The zero-order valence-corrected chi connectivity index (χ0v) is 18.2. The van der Waals surface area contributed by atoms with Crippen LogP contribution in [-0.4, -0.2) is 53.2 Å². The second-order valence-corrected chi connectivity index (χ2v) is 7.57. The smallest absolute Gasteiger partial charge is 0.256 e. The molecular formula is C23H24FN7O. The number of carbonyl (C=O) groups excluding carboxylic acids is 1. The number of aromatic nitrogens is 6. The van der Waals surface area contributed by atoms with E-state index in [4.69, 9.17) is 0 Å². The van der Waals surface area contributed by atoms with Crippen molar-refractivity contribution < 1.29 is 9.18 Å². The maximum Gasteiger partial charge on any atom is 0.256 e. The van der Waals surface area contributed by atoms with Gasteiger partial charge in [0.1, 0.15) is 5.82 Å². The lowest BCUT2D eigenvalue weighted by Gasteiger charge is -2.28. The third-order valence-electron chi connectivity index (χ3n) is 5.25. The van der Waals surface area contributed by atoms with Gasteiger partial charge in [0.2, 0.25) is 0 Å². The second-order valence-electron chi connectivity index (χ2n) is 7.57. The first-order valence-electron chi connectivity index (χ1n) is 10.4. The topological polar surface area (TPSA) is 81.7 Å². The molecule has 32 heavy (non-hydrogen) atoms. The molecule has 0 N–H and O–H groups in total. The van der Waals surface area contributed by atoms with Gasteiger partial charge in [-0.1, -0.05) is 11.6 Å². The van der Waals surface area contributed by atoms with E-state index in [1.165, 1.54) is 10.9 Å². The van der Waals surface area contributed by atoms with E-state index in [9.17, 15) is 9.18 Å². The fraction of sp³-hybridized carbons (Fsp3) is 0.261. The number of amides is 1. The van der Waals surface area contributed by atoms with Crippen LogP contribution in [0.5, 0.6) is 0 Å². The molecule has 1 unspecified atom stereocenters. The van der Waals surface area contributed by atoms with E-state index < -0.39 is 5.82 Å². The summed E-state index contributed by atoms with van der Waals surface area (Å²) >= 11 is 0. The summed E-state index contributed by atoms with van der Waals surface area (Å²) in [7, 11) is 0. The van der Waals surface area contributed by atoms with Gasteiger partial charge in [-0.25, -0.2) is 14.1 Å². The third kappa shape index (κ3) is 4.41. The maximum atomic E-state index is 13.5. The number of halogens is 1. The predicted molar refractivity (Wildman–Crippen MR) is 117 cm³/mol. The number of pyridine rings is 1. The minimum Gasteiger partial charge on any atom is -0.336 e. The van der Waals surface area contributed by atoms with Crippen LogP contribution in [-0.2, 0) is 6.42 Å². The molecule has 0 spiro atoms. The summed E-state index contributed by atoms with van der Waals surface area (Å²) in [6, 6.07) is 10.4. The van der Waals surface area contributed by atoms with Crippen molar-refractivity contribution in [2.75, 3.05) is 6.54 Å². The Morgan fingerprint density at radius 3 is 2.62 bits per heavy atom. The van der Waals surface area contributed by atoms with Crippen LogP contribution < -0.4 is 0 Å². The number of nitrogens with zero attached hydrogens (tertiary/aromatic N) is 7. The first-order chi connectivity index (χ1) is 15.5. The van der Waals surface area contributed by atoms with Crippen LogP contribution >= 0.6 is 0 Å². The normalized spacial score (nSPS) is 12.0. The summed E-state index contributed by atoms with van der Waals surface area (Å²) in [5.74, 6) is 0.0492. The molecular weight excluding hydrogens is 409 g/mol. The average molecular weight is 433 g/mol. The van der Waals surface area contributed by atoms with Crippen molar-refractivity contribution in [1.82, 2.24) is 34.7 Å². The Hall–Kier alpha value is -3.88. The lowest BCUT2D eigenvalue weighted by Crippen LogP contribution is -2.40. The third-order valence-corrected chi connectivity index (χ3v) is 5.25. The molecule has 0 bridgehead atoms. The number of aryl methyl sites for hydroxylation is 1. The fourth-order valence-electron chi connectivity index (χ4n) is 3.66. The SMILES string of the molecule is CCN(C(=O)c1cc(C)ccc1-n1nccn1)C(C)Cc1ccn(-c2ccc(F)cn2)n1. The van der Waals surface area contributed by atoms with E-state index >= 15 is 0 Å². The van der Waals surface area contributed by atoms with Crippen LogP contribution in [0.3, 0.4) is 0 Å². The van der Waals surface area contributed by atoms with Crippen molar-refractivity contribution in [3.8, 4) is 11.5 Å². The lowest BCUT2D eigenvalue weighted by molar-refractivity contribution is 0.0702. The largest absolute Gasteiger partial charge is 0.336 e. The molecule has 8 nitrogen and oxygen atoms in total. The van der Waals surface area contributed by atoms with Crippen molar-refractivity contribution in [1.29, 1.82) is 0 Å². The number of rotatable bonds is 7. The van der Waals surface area contributed by atoms with Crippen molar-refractivity contribution in [3.63, 3.8) is 0 Å². The second kappa shape index (κ2) is 9.09. The Bertz CT molecular complexity index is 1200. The summed E-state index contributed by atoms with van der Waals surface area (Å²) < 4.78 is 14.7. The minimum atomic E-state index is -0.396. The molecule has 0 fully saturated rings. The Morgan fingerprint density at radius 1 is 1.16 bits per heavy atom. The van der Waals surface area contributed by atoms with Gasteiger partial charge in [-0.15, -0.1) is 0 Å². The molecule has 3 aromatic heterocycles. The van der Waals surface area contributed by atoms with Gasteiger partial charge >= 0.3 is 0 Å². The Morgan fingerprint density at radius 2 is 1.94 bits per heavy atom. The standard InChI is InChI=1S/C23H24FN7O/c1-4-29(23(32)20-13-16(2)5-7-21(20)31-26-10-11-27-31)17(3)14-19-9-12-30(28-19)22-8-6-18(24)15-25-22/h5-13,15,17H,4,14H2,1-3H3. The summed E-state index contributed by atoms with van der Waals surface area (Å²) in [6.45, 7) is 6.45. The van der Waals surface area contributed by atoms with Crippen molar-refractivity contribution in [2.24, 2.45) is 0 Å². The minimum absolute atomic E-state index is 0.0874. The highest BCUT2D eigenvalue weighted by molar-refractivity contribution is 5.98. The number of hydrogen-bond donors (Lipinski definition) is 0. The highest BCUT2D eigenvalue weighted by Gasteiger charge is 2.24. The average Bonchev–Trinajstić information content (AvgIpc) is 3.47. The molecule has 4 aromatic rings. The zero-order valence-electron chi connectivity index (χ0n) is 18.2. The first-order valence-corrected chi connectivity index (χ1v) is 10.4. The summed E-state index contributed by atoms with van der Waals surface area (Å²) in [5.41, 5.74) is 2.99. The van der Waals surface area contributed by atoms with Gasteiger partial charge in [-0.05, 0) is 51.1 Å². The Labute approximate surface area is 185 Å². The number of benzene rings is 1. The fourth-order valence-corrected chi connectivity index (χ4v) is 3.66. The van der Waals surface area contributed by atoms with Gasteiger partial charge in [-0.2, -0.15) is 20.1 Å². The molecule has 0 aliphatic carbocycles. The van der Waals surface area contributed by atoms with Crippen molar-refractivity contribution in [2.45, 2.75) is 33.2 Å². The molecule has 9 heteroatoms. The molecule has 3 heterocycles. The van der Waals surface area contributed by atoms with Gasteiger partial charge in [0, 0.05) is 25.2 Å². The van der Waals surface area contributed by atoms with Crippen LogP contribution in [0.25, 0.3) is 11.5 Å². The zero-order chi connectivity index (χ0) is 22.7. The van der Waals surface area contributed by atoms with Crippen molar-refractivity contribution >= 4 is 5.91 Å². The van der Waals surface area contributed by atoms with E-state index in [-0.39, 0.29) is 11.9 Å². The van der Waals surface area contributed by atoms with Crippen LogP contribution in [0.15, 0.2) is 61.2 Å².